The number of thiophene rings is 1. The van der Waals surface area contributed by atoms with Gasteiger partial charge in [0.2, 0.25) is 5.96 Å². The second-order valence-corrected chi connectivity index (χ2v) is 3.73. The Bertz CT molecular complexity index is 343. The summed E-state index contributed by atoms with van der Waals surface area (Å²) in [6.07, 6.45) is 0. The first-order chi connectivity index (χ1) is 7.19. The summed E-state index contributed by atoms with van der Waals surface area (Å²) in [6, 6.07) is 3.98. The number of anilines is 1. The highest BCUT2D eigenvalue weighted by molar-refractivity contribution is 7.14. The summed E-state index contributed by atoms with van der Waals surface area (Å²) in [7, 11) is 5.28. The molecule has 0 aliphatic carbocycles. The van der Waals surface area contributed by atoms with E-state index in [1.54, 1.807) is 25.4 Å². The number of rotatable bonds is 1. The van der Waals surface area contributed by atoms with Gasteiger partial charge >= 0.3 is 0 Å². The van der Waals surface area contributed by atoms with E-state index in [1.807, 2.05) is 29.5 Å². The molecule has 0 saturated heterocycles. The van der Waals surface area contributed by atoms with Crippen LogP contribution in [0.25, 0.3) is 0 Å². The molecular formula is C9H15N5S. The molecule has 82 valence electrons. The van der Waals surface area contributed by atoms with Gasteiger partial charge in [-0.15, -0.1) is 11.3 Å². The topological polar surface area (TPSA) is 63.5 Å². The van der Waals surface area contributed by atoms with Crippen LogP contribution in [0.3, 0.4) is 0 Å². The Morgan fingerprint density at radius 2 is 2.33 bits per heavy atom. The molecular weight excluding hydrogens is 210 g/mol. The molecule has 0 fully saturated rings. The van der Waals surface area contributed by atoms with Crippen molar-refractivity contribution in [3.8, 4) is 0 Å². The highest BCUT2D eigenvalue weighted by Gasteiger charge is 2.09. The Kier molecular flexibility index (Phi) is 4.11. The van der Waals surface area contributed by atoms with Crippen LogP contribution in [0, 0.1) is 5.41 Å². The second-order valence-electron chi connectivity index (χ2n) is 2.81. The van der Waals surface area contributed by atoms with E-state index in [1.165, 1.54) is 0 Å². The summed E-state index contributed by atoms with van der Waals surface area (Å²) < 4.78 is 0. The van der Waals surface area contributed by atoms with Crippen LogP contribution in [0.5, 0.6) is 0 Å². The molecule has 0 aromatic carbocycles. The lowest BCUT2D eigenvalue weighted by Crippen LogP contribution is -2.46. The van der Waals surface area contributed by atoms with Gasteiger partial charge in [-0.2, -0.15) is 0 Å². The predicted molar refractivity (Wildman–Crippen MR) is 66.0 cm³/mol. The van der Waals surface area contributed by atoms with E-state index >= 15 is 0 Å². The third kappa shape index (κ3) is 2.95. The molecule has 0 bridgehead atoms. The summed E-state index contributed by atoms with van der Waals surface area (Å²) in [5, 5.41) is 16.1. The van der Waals surface area contributed by atoms with Crippen LogP contribution in [-0.2, 0) is 0 Å². The van der Waals surface area contributed by atoms with Crippen molar-refractivity contribution in [3.63, 3.8) is 0 Å². The maximum absolute atomic E-state index is 7.46. The smallest absolute Gasteiger partial charge is 0.205 e. The summed E-state index contributed by atoms with van der Waals surface area (Å²) in [5.74, 6) is 0.857. The fraction of sp³-hybridized carbons (Fsp3) is 0.333. The van der Waals surface area contributed by atoms with Crippen molar-refractivity contribution in [1.82, 2.24) is 10.6 Å². The third-order valence-electron chi connectivity index (χ3n) is 1.85. The monoisotopic (exact) mass is 225 g/mol. The fourth-order valence-electron chi connectivity index (χ4n) is 1.03. The van der Waals surface area contributed by atoms with E-state index in [0.29, 0.717) is 5.96 Å². The number of guanidine groups is 2. The molecule has 6 heteroatoms. The van der Waals surface area contributed by atoms with E-state index < -0.39 is 0 Å². The van der Waals surface area contributed by atoms with E-state index in [-0.39, 0.29) is 5.96 Å². The lowest BCUT2D eigenvalue weighted by Gasteiger charge is -2.20. The van der Waals surface area contributed by atoms with E-state index in [0.717, 1.165) is 5.00 Å². The van der Waals surface area contributed by atoms with Crippen LogP contribution in [-0.4, -0.2) is 33.1 Å². The van der Waals surface area contributed by atoms with Gasteiger partial charge in [-0.25, -0.2) is 0 Å². The lowest BCUT2D eigenvalue weighted by molar-refractivity contribution is 1.03. The highest BCUT2D eigenvalue weighted by atomic mass is 32.1. The number of aliphatic imine (C=N–C) groups is 1. The van der Waals surface area contributed by atoms with Gasteiger partial charge in [0.05, 0.1) is 5.00 Å². The zero-order chi connectivity index (χ0) is 11.3. The first-order valence-corrected chi connectivity index (χ1v) is 5.34. The molecule has 1 aromatic heterocycles. The number of hydrogen-bond donors (Lipinski definition) is 3. The van der Waals surface area contributed by atoms with Gasteiger partial charge in [0.1, 0.15) is 0 Å². The molecule has 0 unspecified atom stereocenters. The van der Waals surface area contributed by atoms with Gasteiger partial charge in [0.25, 0.3) is 0 Å². The molecule has 5 nitrogen and oxygen atoms in total. The van der Waals surface area contributed by atoms with Crippen LogP contribution in [0.4, 0.5) is 5.00 Å². The summed E-state index contributed by atoms with van der Waals surface area (Å²) in [4.78, 5) is 5.99. The molecule has 1 aromatic rings. The standard InChI is InChI=1S/C9H15N5S/c1-11-8(10)13-9(12-2)14(3)7-5-4-6-15-7/h4-6H,1-3H3,(H3,10,11,12,13). The largest absolute Gasteiger partial charge is 0.359 e. The van der Waals surface area contributed by atoms with Gasteiger partial charge in [0.15, 0.2) is 5.96 Å². The lowest BCUT2D eigenvalue weighted by atomic mass is 10.6. The minimum absolute atomic E-state index is 0.221. The average Bonchev–Trinajstić information content (AvgIpc) is 2.77. The molecule has 0 radical (unpaired) electrons. The molecule has 3 N–H and O–H groups in total. The molecule has 1 rings (SSSR count). The van der Waals surface area contributed by atoms with Crippen molar-refractivity contribution >= 4 is 28.3 Å². The highest BCUT2D eigenvalue weighted by Crippen LogP contribution is 2.19. The maximum atomic E-state index is 7.46. The van der Waals surface area contributed by atoms with Crippen LogP contribution in [0.1, 0.15) is 0 Å². The first kappa shape index (κ1) is 11.5. The van der Waals surface area contributed by atoms with E-state index in [9.17, 15) is 0 Å². The maximum Gasteiger partial charge on any atom is 0.205 e. The van der Waals surface area contributed by atoms with Crippen LogP contribution in [0.15, 0.2) is 22.5 Å². The normalized spacial score (nSPS) is 11.0. The summed E-state index contributed by atoms with van der Waals surface area (Å²) in [6.45, 7) is 0. The zero-order valence-corrected chi connectivity index (χ0v) is 9.85. The average molecular weight is 225 g/mol. The Hall–Kier alpha value is -1.56. The Labute approximate surface area is 93.3 Å². The van der Waals surface area contributed by atoms with Gasteiger partial charge in [-0.3, -0.25) is 15.7 Å². The molecule has 15 heavy (non-hydrogen) atoms. The van der Waals surface area contributed by atoms with E-state index in [4.69, 9.17) is 5.41 Å². The second kappa shape index (κ2) is 5.35. The third-order valence-corrected chi connectivity index (χ3v) is 2.80. The van der Waals surface area contributed by atoms with Crippen molar-refractivity contribution in [1.29, 1.82) is 5.41 Å². The van der Waals surface area contributed by atoms with Crippen LogP contribution >= 0.6 is 11.3 Å². The van der Waals surface area contributed by atoms with Gasteiger partial charge in [-0.05, 0) is 17.5 Å². The summed E-state index contributed by atoms with van der Waals surface area (Å²) >= 11 is 1.62. The predicted octanol–water partition coefficient (Wildman–Crippen LogP) is 0.914. The van der Waals surface area contributed by atoms with Gasteiger partial charge < -0.3 is 10.2 Å². The SMILES string of the molecule is C/N=C(/NC(=N)NC)N(C)c1cccs1. The molecule has 0 amide bonds. The molecule has 0 aliphatic rings. The molecule has 0 atom stereocenters. The van der Waals surface area contributed by atoms with Crippen molar-refractivity contribution in [2.45, 2.75) is 0 Å². The number of nitrogens with zero attached hydrogens (tertiary/aromatic N) is 2. The Morgan fingerprint density at radius 3 is 2.80 bits per heavy atom. The van der Waals surface area contributed by atoms with Crippen molar-refractivity contribution < 1.29 is 0 Å². The molecule has 0 spiro atoms. The number of hydrogen-bond acceptors (Lipinski definition) is 3. The molecule has 0 saturated carbocycles. The molecule has 0 aliphatic heterocycles. The number of nitrogens with one attached hydrogen (secondary N) is 3. The van der Waals surface area contributed by atoms with E-state index in [2.05, 4.69) is 15.6 Å². The van der Waals surface area contributed by atoms with Crippen molar-refractivity contribution in [2.24, 2.45) is 4.99 Å². The van der Waals surface area contributed by atoms with Gasteiger partial charge in [0, 0.05) is 21.1 Å². The quantitative estimate of drug-likeness (QED) is 0.492. The Balaban J connectivity index is 2.72. The van der Waals surface area contributed by atoms with Gasteiger partial charge in [-0.1, -0.05) is 0 Å². The Morgan fingerprint density at radius 1 is 1.60 bits per heavy atom. The van der Waals surface area contributed by atoms with Crippen LogP contribution in [0.2, 0.25) is 0 Å². The molecule has 1 heterocycles. The first-order valence-electron chi connectivity index (χ1n) is 4.46. The zero-order valence-electron chi connectivity index (χ0n) is 9.03. The van der Waals surface area contributed by atoms with Crippen molar-refractivity contribution in [2.75, 3.05) is 26.0 Å². The fourth-order valence-corrected chi connectivity index (χ4v) is 1.73. The minimum atomic E-state index is 0.221. The minimum Gasteiger partial charge on any atom is -0.359 e. The van der Waals surface area contributed by atoms with Crippen LogP contribution < -0.4 is 15.5 Å². The summed E-state index contributed by atoms with van der Waals surface area (Å²) in [5.41, 5.74) is 0. The van der Waals surface area contributed by atoms with Crippen molar-refractivity contribution in [3.05, 3.63) is 17.5 Å².